The van der Waals surface area contributed by atoms with Crippen LogP contribution in [0.2, 0.25) is 0 Å². The van der Waals surface area contributed by atoms with Gasteiger partial charge in [-0.05, 0) is 31.5 Å². The minimum Gasteiger partial charge on any atom is -0.494 e. The van der Waals surface area contributed by atoms with Crippen LogP contribution in [-0.4, -0.2) is 27.9 Å². The Morgan fingerprint density at radius 2 is 2.21 bits per heavy atom. The van der Waals surface area contributed by atoms with Gasteiger partial charge in [0, 0.05) is 13.0 Å². The molecule has 0 saturated carbocycles. The molecule has 0 saturated heterocycles. The van der Waals surface area contributed by atoms with Gasteiger partial charge in [-0.3, -0.25) is 4.79 Å². The molecule has 0 aliphatic carbocycles. The Kier molecular flexibility index (Phi) is 4.28. The summed E-state index contributed by atoms with van der Waals surface area (Å²) in [7, 11) is 0. The first-order valence-corrected chi connectivity index (χ1v) is 6.25. The molecule has 1 heterocycles. The summed E-state index contributed by atoms with van der Waals surface area (Å²) in [6, 6.07) is 7.96. The number of carbonyl (C=O) groups excluding carboxylic acids is 1. The topological polar surface area (TPSA) is 57.0 Å². The van der Waals surface area contributed by atoms with E-state index >= 15 is 0 Å². The maximum Gasteiger partial charge on any atom is 0.172 e. The minimum atomic E-state index is 0.402. The fraction of sp³-hybridized carbons (Fsp3) is 0.357. The third kappa shape index (κ3) is 3.40. The lowest BCUT2D eigenvalue weighted by molar-refractivity contribution is 0.111. The van der Waals surface area contributed by atoms with Crippen molar-refractivity contribution in [2.45, 2.75) is 26.8 Å². The van der Waals surface area contributed by atoms with E-state index in [2.05, 4.69) is 10.3 Å². The Balaban J connectivity index is 1.80. The van der Waals surface area contributed by atoms with Gasteiger partial charge in [0.15, 0.2) is 6.29 Å². The Morgan fingerprint density at radius 3 is 2.89 bits per heavy atom. The monoisotopic (exact) mass is 259 g/mol. The van der Waals surface area contributed by atoms with Crippen LogP contribution in [0.5, 0.6) is 5.75 Å². The highest BCUT2D eigenvalue weighted by Gasteiger charge is 2.06. The second kappa shape index (κ2) is 6.13. The molecular formula is C14H17N3O2. The largest absolute Gasteiger partial charge is 0.494 e. The Morgan fingerprint density at radius 1 is 1.37 bits per heavy atom. The zero-order valence-electron chi connectivity index (χ0n) is 11.2. The standard InChI is InChI=1S/C14H17N3O2/c1-11-5-3-6-13(9-11)19-8-4-7-17-12(2)14(10-18)15-16-17/h3,5-6,9-10H,4,7-8H2,1-2H3. The van der Waals surface area contributed by atoms with Gasteiger partial charge < -0.3 is 4.74 Å². The molecular weight excluding hydrogens is 242 g/mol. The van der Waals surface area contributed by atoms with Gasteiger partial charge in [-0.15, -0.1) is 5.10 Å². The molecule has 2 rings (SSSR count). The molecule has 0 radical (unpaired) electrons. The zero-order chi connectivity index (χ0) is 13.7. The molecule has 0 unspecified atom stereocenters. The third-order valence-corrected chi connectivity index (χ3v) is 2.90. The number of aromatic nitrogens is 3. The molecule has 1 aromatic carbocycles. The number of carbonyl (C=O) groups is 1. The van der Waals surface area contributed by atoms with Crippen LogP contribution >= 0.6 is 0 Å². The maximum absolute atomic E-state index is 10.6. The van der Waals surface area contributed by atoms with E-state index in [0.717, 1.165) is 24.2 Å². The maximum atomic E-state index is 10.6. The van der Waals surface area contributed by atoms with Crippen molar-refractivity contribution in [3.05, 3.63) is 41.2 Å². The lowest BCUT2D eigenvalue weighted by atomic mass is 10.2. The molecule has 0 atom stereocenters. The van der Waals surface area contributed by atoms with Crippen molar-refractivity contribution in [2.75, 3.05) is 6.61 Å². The molecule has 19 heavy (non-hydrogen) atoms. The van der Waals surface area contributed by atoms with Crippen LogP contribution in [0.15, 0.2) is 24.3 Å². The second-order valence-corrected chi connectivity index (χ2v) is 4.42. The summed E-state index contributed by atoms with van der Waals surface area (Å²) in [5.74, 6) is 0.879. The van der Waals surface area contributed by atoms with Crippen LogP contribution in [0, 0.1) is 13.8 Å². The molecule has 0 aliphatic heterocycles. The van der Waals surface area contributed by atoms with E-state index in [1.165, 1.54) is 5.56 Å². The van der Waals surface area contributed by atoms with Gasteiger partial charge in [0.2, 0.25) is 0 Å². The smallest absolute Gasteiger partial charge is 0.172 e. The molecule has 1 aromatic heterocycles. The highest BCUT2D eigenvalue weighted by molar-refractivity contribution is 5.72. The minimum absolute atomic E-state index is 0.402. The molecule has 5 nitrogen and oxygen atoms in total. The molecule has 0 amide bonds. The first-order chi connectivity index (χ1) is 9.20. The molecule has 0 aliphatic rings. The number of nitrogens with zero attached hydrogens (tertiary/aromatic N) is 3. The molecule has 5 heteroatoms. The normalized spacial score (nSPS) is 10.4. The van der Waals surface area contributed by atoms with Crippen molar-refractivity contribution in [1.82, 2.24) is 15.0 Å². The van der Waals surface area contributed by atoms with Crippen molar-refractivity contribution in [1.29, 1.82) is 0 Å². The van der Waals surface area contributed by atoms with Crippen molar-refractivity contribution in [3.8, 4) is 5.75 Å². The van der Waals surface area contributed by atoms with Crippen LogP contribution in [-0.2, 0) is 6.54 Å². The van der Waals surface area contributed by atoms with E-state index in [4.69, 9.17) is 4.74 Å². The van der Waals surface area contributed by atoms with E-state index in [9.17, 15) is 4.79 Å². The van der Waals surface area contributed by atoms with Crippen molar-refractivity contribution < 1.29 is 9.53 Å². The second-order valence-electron chi connectivity index (χ2n) is 4.42. The summed E-state index contributed by atoms with van der Waals surface area (Å²) < 4.78 is 7.38. The molecule has 0 fully saturated rings. The number of ether oxygens (including phenoxy) is 1. The molecule has 100 valence electrons. The predicted molar refractivity (Wildman–Crippen MR) is 71.4 cm³/mol. The van der Waals surface area contributed by atoms with Crippen LogP contribution in [0.4, 0.5) is 0 Å². The zero-order valence-corrected chi connectivity index (χ0v) is 11.2. The Bertz CT molecular complexity index is 564. The average molecular weight is 259 g/mol. The fourth-order valence-electron chi connectivity index (χ4n) is 1.80. The molecule has 2 aromatic rings. The van der Waals surface area contributed by atoms with Crippen molar-refractivity contribution in [3.63, 3.8) is 0 Å². The van der Waals surface area contributed by atoms with Crippen LogP contribution in [0.25, 0.3) is 0 Å². The summed E-state index contributed by atoms with van der Waals surface area (Å²) in [6.45, 7) is 5.18. The van der Waals surface area contributed by atoms with Crippen molar-refractivity contribution >= 4 is 6.29 Å². The highest BCUT2D eigenvalue weighted by atomic mass is 16.5. The SMILES string of the molecule is Cc1cccc(OCCCn2nnc(C=O)c2C)c1. The lowest BCUT2D eigenvalue weighted by Crippen LogP contribution is -2.07. The van der Waals surface area contributed by atoms with Gasteiger partial charge in [0.05, 0.1) is 12.3 Å². The van der Waals surface area contributed by atoms with E-state index in [-0.39, 0.29) is 0 Å². The molecule has 0 bridgehead atoms. The summed E-state index contributed by atoms with van der Waals surface area (Å²) in [5, 5.41) is 7.71. The summed E-state index contributed by atoms with van der Waals surface area (Å²) >= 11 is 0. The van der Waals surface area contributed by atoms with E-state index in [1.807, 2.05) is 38.1 Å². The molecule has 0 spiro atoms. The summed E-state index contributed by atoms with van der Waals surface area (Å²) in [4.78, 5) is 10.6. The Labute approximate surface area is 112 Å². The third-order valence-electron chi connectivity index (χ3n) is 2.90. The first kappa shape index (κ1) is 13.3. The van der Waals surface area contributed by atoms with Gasteiger partial charge >= 0.3 is 0 Å². The summed E-state index contributed by atoms with van der Waals surface area (Å²) in [5.41, 5.74) is 2.38. The first-order valence-electron chi connectivity index (χ1n) is 6.25. The molecule has 0 N–H and O–H groups in total. The Hall–Kier alpha value is -2.17. The number of aryl methyl sites for hydroxylation is 2. The average Bonchev–Trinajstić information content (AvgIpc) is 2.76. The highest BCUT2D eigenvalue weighted by Crippen LogP contribution is 2.12. The van der Waals surface area contributed by atoms with Gasteiger partial charge in [-0.1, -0.05) is 17.3 Å². The number of hydrogen-bond acceptors (Lipinski definition) is 4. The predicted octanol–water partition coefficient (Wildman–Crippen LogP) is 2.18. The fourth-order valence-corrected chi connectivity index (χ4v) is 1.80. The number of aldehydes is 1. The quantitative estimate of drug-likeness (QED) is 0.589. The van der Waals surface area contributed by atoms with E-state index in [1.54, 1.807) is 4.68 Å². The van der Waals surface area contributed by atoms with Crippen LogP contribution < -0.4 is 4.74 Å². The van der Waals surface area contributed by atoms with E-state index < -0.39 is 0 Å². The van der Waals surface area contributed by atoms with Gasteiger partial charge in [0.25, 0.3) is 0 Å². The van der Waals surface area contributed by atoms with Gasteiger partial charge in [0.1, 0.15) is 11.4 Å². The number of benzene rings is 1. The van der Waals surface area contributed by atoms with Gasteiger partial charge in [-0.2, -0.15) is 0 Å². The van der Waals surface area contributed by atoms with Crippen LogP contribution in [0.3, 0.4) is 0 Å². The van der Waals surface area contributed by atoms with Crippen molar-refractivity contribution in [2.24, 2.45) is 0 Å². The number of rotatable bonds is 6. The number of hydrogen-bond donors (Lipinski definition) is 0. The van der Waals surface area contributed by atoms with Crippen LogP contribution in [0.1, 0.15) is 28.2 Å². The summed E-state index contributed by atoms with van der Waals surface area (Å²) in [6.07, 6.45) is 1.54. The lowest BCUT2D eigenvalue weighted by Gasteiger charge is -2.07. The van der Waals surface area contributed by atoms with E-state index in [0.29, 0.717) is 18.8 Å². The van der Waals surface area contributed by atoms with Gasteiger partial charge in [-0.25, -0.2) is 4.68 Å².